The summed E-state index contributed by atoms with van der Waals surface area (Å²) in [5.74, 6) is 0. The second kappa shape index (κ2) is 18.5. The normalized spacial score (nSPS) is 14.0. The van der Waals surface area contributed by atoms with Crippen molar-refractivity contribution in [3.8, 4) is 0 Å². The van der Waals surface area contributed by atoms with Gasteiger partial charge in [-0.3, -0.25) is 0 Å². The molecule has 1 radical (unpaired) electrons. The summed E-state index contributed by atoms with van der Waals surface area (Å²) < 4.78 is 0. The predicted octanol–water partition coefficient (Wildman–Crippen LogP) is 10.0. The van der Waals surface area contributed by atoms with Gasteiger partial charge in [-0.15, -0.1) is 0 Å². The third kappa shape index (κ3) is 19.5. The van der Waals surface area contributed by atoms with Crippen LogP contribution >= 0.6 is 0 Å². The van der Waals surface area contributed by atoms with E-state index in [1.54, 1.807) is 0 Å². The van der Waals surface area contributed by atoms with Crippen molar-refractivity contribution in [2.45, 2.75) is 113 Å². The Kier molecular flexibility index (Phi) is 17.5. The highest BCUT2D eigenvalue weighted by Crippen LogP contribution is 2.14. The zero-order valence-corrected chi connectivity index (χ0v) is 20.5. The summed E-state index contributed by atoms with van der Waals surface area (Å²) >= 11 is 0. The Balaban J connectivity index is 4.02. The summed E-state index contributed by atoms with van der Waals surface area (Å²) in [6, 6.07) is 0. The molecule has 0 heterocycles. The standard InChI is InChI=1S/C29H47/c1-8-9-10-17-26(4)21-14-22-27(5)18-11-12-19-28(6)23-15-24-29(7)20-13-16-25(2)3/h9,16,18-19,21,24H,10-15,17,20,22-23H2,1-7H3. The molecule has 0 saturated heterocycles. The minimum Gasteiger partial charge on any atom is -0.0856 e. The maximum Gasteiger partial charge on any atom is -0.0288 e. The topological polar surface area (TPSA) is 0 Å². The van der Waals surface area contributed by atoms with Crippen molar-refractivity contribution in [2.75, 3.05) is 0 Å². The Labute approximate surface area is 183 Å². The average molecular weight is 396 g/mol. The van der Waals surface area contributed by atoms with Gasteiger partial charge in [0.05, 0.1) is 0 Å². The minimum atomic E-state index is 1.12. The first-order valence-electron chi connectivity index (χ1n) is 11.6. The molecule has 0 aliphatic carbocycles. The molecule has 0 N–H and O–H groups in total. The lowest BCUT2D eigenvalue weighted by molar-refractivity contribution is 0.896. The molecule has 29 heavy (non-hydrogen) atoms. The summed E-state index contributed by atoms with van der Waals surface area (Å²) in [6.07, 6.45) is 28.9. The van der Waals surface area contributed by atoms with Crippen molar-refractivity contribution in [3.05, 3.63) is 70.4 Å². The molecule has 0 bridgehead atoms. The zero-order valence-electron chi connectivity index (χ0n) is 20.5. The fourth-order valence-electron chi connectivity index (χ4n) is 3.19. The molecule has 0 heteroatoms. The van der Waals surface area contributed by atoms with Crippen LogP contribution in [0.2, 0.25) is 0 Å². The monoisotopic (exact) mass is 395 g/mol. The van der Waals surface area contributed by atoms with E-state index in [2.05, 4.69) is 84.1 Å². The van der Waals surface area contributed by atoms with Gasteiger partial charge in [0.25, 0.3) is 0 Å². The number of unbranched alkanes of at least 4 members (excludes halogenated alkanes) is 1. The van der Waals surface area contributed by atoms with E-state index in [1.165, 1.54) is 79.2 Å². The first-order valence-corrected chi connectivity index (χ1v) is 11.6. The van der Waals surface area contributed by atoms with E-state index in [0.717, 1.165) is 12.8 Å². The quantitative estimate of drug-likeness (QED) is 0.191. The van der Waals surface area contributed by atoms with Gasteiger partial charge in [0, 0.05) is 0 Å². The second-order valence-electron chi connectivity index (χ2n) is 8.71. The summed E-state index contributed by atoms with van der Waals surface area (Å²) in [5.41, 5.74) is 7.51. The molecule has 0 aromatic heterocycles. The number of hydrogen-bond acceptors (Lipinski definition) is 0. The molecule has 0 fully saturated rings. The molecule has 0 saturated carbocycles. The van der Waals surface area contributed by atoms with Gasteiger partial charge in [-0.2, -0.15) is 0 Å². The Bertz CT molecular complexity index is 598. The van der Waals surface area contributed by atoms with Crippen molar-refractivity contribution in [1.29, 1.82) is 0 Å². The molecular weight excluding hydrogens is 348 g/mol. The molecule has 0 unspecified atom stereocenters. The molecule has 0 spiro atoms. The number of hydrogen-bond donors (Lipinski definition) is 0. The molecule has 0 aromatic carbocycles. The largest absolute Gasteiger partial charge is 0.0856 e. The van der Waals surface area contributed by atoms with E-state index < -0.39 is 0 Å². The molecule has 163 valence electrons. The minimum absolute atomic E-state index is 1.12. The van der Waals surface area contributed by atoms with Crippen LogP contribution in [0.4, 0.5) is 0 Å². The van der Waals surface area contributed by atoms with Crippen LogP contribution < -0.4 is 0 Å². The van der Waals surface area contributed by atoms with Gasteiger partial charge in [0.1, 0.15) is 0 Å². The lowest BCUT2D eigenvalue weighted by Crippen LogP contribution is -1.82. The molecule has 0 aliphatic heterocycles. The van der Waals surface area contributed by atoms with Crippen LogP contribution in [-0.4, -0.2) is 0 Å². The fraction of sp³-hybridized carbons (Fsp3) is 0.586. The van der Waals surface area contributed by atoms with Gasteiger partial charge >= 0.3 is 0 Å². The van der Waals surface area contributed by atoms with Crippen LogP contribution in [0.25, 0.3) is 0 Å². The molecule has 0 amide bonds. The van der Waals surface area contributed by atoms with Crippen LogP contribution in [0.1, 0.15) is 113 Å². The van der Waals surface area contributed by atoms with E-state index in [0.29, 0.717) is 0 Å². The Morgan fingerprint density at radius 3 is 1.21 bits per heavy atom. The van der Waals surface area contributed by atoms with E-state index in [9.17, 15) is 0 Å². The van der Waals surface area contributed by atoms with Gasteiger partial charge in [-0.05, 0) is 113 Å². The zero-order chi connectivity index (χ0) is 21.9. The van der Waals surface area contributed by atoms with Crippen molar-refractivity contribution >= 4 is 0 Å². The van der Waals surface area contributed by atoms with Crippen molar-refractivity contribution in [2.24, 2.45) is 0 Å². The highest BCUT2D eigenvalue weighted by atomic mass is 14.0. The molecule has 0 aromatic rings. The van der Waals surface area contributed by atoms with Gasteiger partial charge < -0.3 is 0 Å². The third-order valence-electron chi connectivity index (χ3n) is 5.19. The Morgan fingerprint density at radius 1 is 0.483 bits per heavy atom. The lowest BCUT2D eigenvalue weighted by atomic mass is 10.0. The van der Waals surface area contributed by atoms with E-state index >= 15 is 0 Å². The molecular formula is C29H47. The smallest absolute Gasteiger partial charge is 0.0288 e. The SMILES string of the molecule is C/[C]=C/CCC(C)=CCCC(C)=CCCC=C(C)CCC=C(C)CCC=C(C)C. The van der Waals surface area contributed by atoms with E-state index in [-0.39, 0.29) is 0 Å². The van der Waals surface area contributed by atoms with Crippen molar-refractivity contribution in [1.82, 2.24) is 0 Å². The Hall–Kier alpha value is -1.56. The fourth-order valence-corrected chi connectivity index (χ4v) is 3.19. The summed E-state index contributed by atoms with van der Waals surface area (Å²) in [5, 5.41) is 0. The maximum atomic E-state index is 3.09. The summed E-state index contributed by atoms with van der Waals surface area (Å²) in [7, 11) is 0. The number of allylic oxidation sites excluding steroid dienone is 12. The molecule has 0 aliphatic rings. The lowest BCUT2D eigenvalue weighted by Gasteiger charge is -2.02. The molecule has 0 atom stereocenters. The van der Waals surface area contributed by atoms with E-state index in [4.69, 9.17) is 0 Å². The van der Waals surface area contributed by atoms with Crippen molar-refractivity contribution in [3.63, 3.8) is 0 Å². The highest BCUT2D eigenvalue weighted by molar-refractivity contribution is 5.07. The van der Waals surface area contributed by atoms with Gasteiger partial charge in [-0.1, -0.05) is 70.4 Å². The third-order valence-corrected chi connectivity index (χ3v) is 5.19. The van der Waals surface area contributed by atoms with Gasteiger partial charge in [0.2, 0.25) is 0 Å². The first kappa shape index (κ1) is 27.4. The van der Waals surface area contributed by atoms with Gasteiger partial charge in [0.15, 0.2) is 0 Å². The second-order valence-corrected chi connectivity index (χ2v) is 8.71. The van der Waals surface area contributed by atoms with E-state index in [1.807, 2.05) is 6.92 Å². The molecule has 0 nitrogen and oxygen atoms in total. The summed E-state index contributed by atoms with van der Waals surface area (Å²) in [6.45, 7) is 15.4. The van der Waals surface area contributed by atoms with Crippen LogP contribution in [0.3, 0.4) is 0 Å². The van der Waals surface area contributed by atoms with Crippen LogP contribution in [0.5, 0.6) is 0 Å². The van der Waals surface area contributed by atoms with Gasteiger partial charge in [-0.25, -0.2) is 0 Å². The van der Waals surface area contributed by atoms with Crippen molar-refractivity contribution < 1.29 is 0 Å². The Morgan fingerprint density at radius 2 is 0.828 bits per heavy atom. The molecule has 0 rings (SSSR count). The first-order chi connectivity index (χ1) is 13.8. The average Bonchev–Trinajstić information content (AvgIpc) is 2.65. The highest BCUT2D eigenvalue weighted by Gasteiger charge is 1.94. The number of rotatable bonds is 15. The van der Waals surface area contributed by atoms with Crippen LogP contribution in [-0.2, 0) is 0 Å². The van der Waals surface area contributed by atoms with Crippen LogP contribution in [0, 0.1) is 6.08 Å². The maximum absolute atomic E-state index is 3.09. The summed E-state index contributed by atoms with van der Waals surface area (Å²) in [4.78, 5) is 0. The van der Waals surface area contributed by atoms with Crippen LogP contribution in [0.15, 0.2) is 64.3 Å². The predicted molar refractivity (Wildman–Crippen MR) is 134 cm³/mol.